The molecule has 1 aliphatic carbocycles. The lowest BCUT2D eigenvalue weighted by Gasteiger charge is -2.16. The molecule has 4 nitrogen and oxygen atoms in total. The van der Waals surface area contributed by atoms with Gasteiger partial charge in [-0.3, -0.25) is 0 Å². The van der Waals surface area contributed by atoms with Gasteiger partial charge in [0.2, 0.25) is 5.82 Å². The molecule has 1 atom stereocenters. The van der Waals surface area contributed by atoms with Gasteiger partial charge in [0.15, 0.2) is 0 Å². The molecule has 1 saturated carbocycles. The van der Waals surface area contributed by atoms with E-state index in [2.05, 4.69) is 36.1 Å². The first-order valence-corrected chi connectivity index (χ1v) is 7.15. The zero-order chi connectivity index (χ0) is 14.3. The molecule has 3 rings (SSSR count). The van der Waals surface area contributed by atoms with E-state index in [1.54, 1.807) is 6.92 Å². The Morgan fingerprint density at radius 2 is 1.90 bits per heavy atom. The van der Waals surface area contributed by atoms with E-state index < -0.39 is 5.60 Å². The monoisotopic (exact) mass is 272 g/mol. The largest absolute Gasteiger partial charge is 0.380 e. The topological polar surface area (TPSA) is 59.2 Å². The lowest BCUT2D eigenvalue weighted by atomic mass is 10.0. The minimum absolute atomic E-state index is 0.249. The molecule has 1 aliphatic rings. The molecule has 0 amide bonds. The zero-order valence-corrected chi connectivity index (χ0v) is 12.1. The molecule has 0 spiro atoms. The zero-order valence-electron chi connectivity index (χ0n) is 12.1. The van der Waals surface area contributed by atoms with Gasteiger partial charge in [-0.15, -0.1) is 0 Å². The van der Waals surface area contributed by atoms with Crippen molar-refractivity contribution in [2.45, 2.75) is 45.1 Å². The Hall–Kier alpha value is -1.68. The summed E-state index contributed by atoms with van der Waals surface area (Å²) in [4.78, 5) is 4.36. The molecular formula is C16H20N2O2. The van der Waals surface area contributed by atoms with Crippen molar-refractivity contribution in [1.29, 1.82) is 0 Å². The average Bonchev–Trinajstić information content (AvgIpc) is 3.17. The van der Waals surface area contributed by atoms with Gasteiger partial charge in [-0.25, -0.2) is 0 Å². The van der Waals surface area contributed by atoms with Crippen molar-refractivity contribution < 1.29 is 9.63 Å². The highest BCUT2D eigenvalue weighted by atomic mass is 16.5. The molecule has 0 saturated heterocycles. The van der Waals surface area contributed by atoms with Crippen LogP contribution in [0, 0.1) is 5.92 Å². The van der Waals surface area contributed by atoms with Crippen molar-refractivity contribution in [3.63, 3.8) is 0 Å². The molecule has 1 aromatic heterocycles. The van der Waals surface area contributed by atoms with Crippen LogP contribution in [0.15, 0.2) is 28.8 Å². The smallest absolute Gasteiger partial charge is 0.258 e. The van der Waals surface area contributed by atoms with Crippen LogP contribution in [0.1, 0.15) is 51.0 Å². The molecular weight excluding hydrogens is 252 g/mol. The number of hydrogen-bond donors (Lipinski definition) is 1. The summed E-state index contributed by atoms with van der Waals surface area (Å²) in [5.74, 6) is 1.61. The van der Waals surface area contributed by atoms with Gasteiger partial charge in [-0.2, -0.15) is 4.98 Å². The fourth-order valence-electron chi connectivity index (χ4n) is 2.38. The van der Waals surface area contributed by atoms with E-state index in [4.69, 9.17) is 4.52 Å². The van der Waals surface area contributed by atoms with E-state index in [0.29, 0.717) is 17.6 Å². The summed E-state index contributed by atoms with van der Waals surface area (Å²) >= 11 is 0. The van der Waals surface area contributed by atoms with Crippen LogP contribution in [0.4, 0.5) is 0 Å². The van der Waals surface area contributed by atoms with Gasteiger partial charge in [0, 0.05) is 5.56 Å². The Balaban J connectivity index is 1.86. The van der Waals surface area contributed by atoms with Crippen molar-refractivity contribution in [2.75, 3.05) is 0 Å². The highest BCUT2D eigenvalue weighted by Crippen LogP contribution is 2.45. The molecule has 1 aromatic carbocycles. The molecule has 106 valence electrons. The number of aliphatic hydroxyl groups is 1. The van der Waals surface area contributed by atoms with Crippen LogP contribution < -0.4 is 0 Å². The third kappa shape index (κ3) is 2.36. The maximum absolute atomic E-state index is 10.4. The molecule has 1 N–H and O–H groups in total. The molecule has 20 heavy (non-hydrogen) atoms. The summed E-state index contributed by atoms with van der Waals surface area (Å²) in [5, 5.41) is 14.4. The van der Waals surface area contributed by atoms with Gasteiger partial charge in [-0.1, -0.05) is 43.3 Å². The van der Waals surface area contributed by atoms with Crippen molar-refractivity contribution in [2.24, 2.45) is 5.92 Å². The third-order valence-electron chi connectivity index (χ3n) is 4.07. The van der Waals surface area contributed by atoms with E-state index in [1.807, 2.05) is 12.1 Å². The van der Waals surface area contributed by atoms with E-state index in [1.165, 1.54) is 5.56 Å². The van der Waals surface area contributed by atoms with Gasteiger partial charge in [0.05, 0.1) is 0 Å². The fourth-order valence-corrected chi connectivity index (χ4v) is 2.38. The molecule has 0 radical (unpaired) electrons. The average molecular weight is 272 g/mol. The van der Waals surface area contributed by atoms with Crippen molar-refractivity contribution in [3.05, 3.63) is 35.7 Å². The predicted octanol–water partition coefficient (Wildman–Crippen LogP) is 3.48. The first kappa shape index (κ1) is 13.3. The highest BCUT2D eigenvalue weighted by molar-refractivity contribution is 5.55. The Morgan fingerprint density at radius 1 is 1.25 bits per heavy atom. The molecule has 2 aromatic rings. The Labute approximate surface area is 118 Å². The van der Waals surface area contributed by atoms with Crippen LogP contribution in [-0.4, -0.2) is 15.2 Å². The number of benzene rings is 1. The van der Waals surface area contributed by atoms with Gasteiger partial charge < -0.3 is 9.63 Å². The summed E-state index contributed by atoms with van der Waals surface area (Å²) in [6, 6.07) is 8.15. The van der Waals surface area contributed by atoms with Crippen LogP contribution in [0.5, 0.6) is 0 Å². The number of nitrogens with zero attached hydrogens (tertiary/aromatic N) is 2. The van der Waals surface area contributed by atoms with Gasteiger partial charge in [-0.05, 0) is 37.2 Å². The fraction of sp³-hybridized carbons (Fsp3) is 0.500. The van der Waals surface area contributed by atoms with E-state index in [0.717, 1.165) is 18.4 Å². The van der Waals surface area contributed by atoms with Crippen LogP contribution in [0.25, 0.3) is 11.4 Å². The van der Waals surface area contributed by atoms with Crippen LogP contribution in [0.2, 0.25) is 0 Å². The maximum atomic E-state index is 10.4. The minimum atomic E-state index is -0.997. The molecule has 1 unspecified atom stereocenters. The summed E-state index contributed by atoms with van der Waals surface area (Å²) < 4.78 is 5.25. The molecule has 0 bridgehead atoms. The maximum Gasteiger partial charge on any atom is 0.258 e. The lowest BCUT2D eigenvalue weighted by molar-refractivity contribution is 0.000916. The van der Waals surface area contributed by atoms with Crippen molar-refractivity contribution in [3.8, 4) is 11.4 Å². The summed E-state index contributed by atoms with van der Waals surface area (Å²) in [6.07, 6.45) is 2.04. The predicted molar refractivity (Wildman–Crippen MR) is 76.1 cm³/mol. The Kier molecular flexibility index (Phi) is 3.13. The number of aromatic nitrogens is 2. The summed E-state index contributed by atoms with van der Waals surface area (Å²) in [7, 11) is 0. The summed E-state index contributed by atoms with van der Waals surface area (Å²) in [5.41, 5.74) is 1.20. The molecule has 0 aliphatic heterocycles. The summed E-state index contributed by atoms with van der Waals surface area (Å²) in [6.45, 7) is 6.08. The van der Waals surface area contributed by atoms with Crippen molar-refractivity contribution >= 4 is 0 Å². The lowest BCUT2D eigenvalue weighted by Crippen LogP contribution is -2.24. The second-order valence-electron chi connectivity index (χ2n) is 6.12. The van der Waals surface area contributed by atoms with Crippen LogP contribution >= 0.6 is 0 Å². The first-order chi connectivity index (χ1) is 9.48. The van der Waals surface area contributed by atoms with Crippen LogP contribution in [0.3, 0.4) is 0 Å². The van der Waals surface area contributed by atoms with E-state index in [-0.39, 0.29) is 5.92 Å². The number of rotatable bonds is 4. The van der Waals surface area contributed by atoms with Crippen molar-refractivity contribution in [1.82, 2.24) is 10.1 Å². The third-order valence-corrected chi connectivity index (χ3v) is 4.07. The second-order valence-corrected chi connectivity index (χ2v) is 6.12. The van der Waals surface area contributed by atoms with Crippen LogP contribution in [-0.2, 0) is 5.60 Å². The van der Waals surface area contributed by atoms with E-state index in [9.17, 15) is 5.11 Å². The first-order valence-electron chi connectivity index (χ1n) is 7.15. The molecule has 1 fully saturated rings. The normalized spacial score (nSPS) is 18.2. The molecule has 1 heterocycles. The van der Waals surface area contributed by atoms with E-state index >= 15 is 0 Å². The van der Waals surface area contributed by atoms with Gasteiger partial charge >= 0.3 is 0 Å². The van der Waals surface area contributed by atoms with Gasteiger partial charge in [0.1, 0.15) is 5.60 Å². The Bertz CT molecular complexity index is 595. The standard InChI is InChI=1S/C16H20N2O2/c1-10(2)11-4-6-12(7-5-11)14-17-15(20-18-14)16(3,19)13-8-9-13/h4-7,10,13,19H,8-9H2,1-3H3. The number of hydrogen-bond acceptors (Lipinski definition) is 4. The molecule has 4 heteroatoms. The quantitative estimate of drug-likeness (QED) is 0.925. The minimum Gasteiger partial charge on any atom is -0.380 e. The Morgan fingerprint density at radius 3 is 2.45 bits per heavy atom. The second kappa shape index (κ2) is 4.70. The highest BCUT2D eigenvalue weighted by Gasteiger charge is 2.45. The SMILES string of the molecule is CC(C)c1ccc(-c2noc(C(C)(O)C3CC3)n2)cc1. The van der Waals surface area contributed by atoms with Gasteiger partial charge in [0.25, 0.3) is 5.89 Å².